The van der Waals surface area contributed by atoms with E-state index in [0.29, 0.717) is 12.4 Å². The van der Waals surface area contributed by atoms with E-state index in [1.54, 1.807) is 6.08 Å². The van der Waals surface area contributed by atoms with E-state index in [0.717, 1.165) is 28.7 Å². The Morgan fingerprint density at radius 2 is 1.91 bits per heavy atom. The standard InChI is InChI=1S/C20H22O3/c1-4-11-23-19-8-6-5-7-16(19)13-18(20(21)22)17-12-14(2)9-10-15(17)3/h5-10,12-13H,4,11H2,1-3H3,(H,21,22)/b18-13-. The minimum Gasteiger partial charge on any atom is -0.493 e. The van der Waals surface area contributed by atoms with Crippen molar-refractivity contribution in [2.45, 2.75) is 27.2 Å². The van der Waals surface area contributed by atoms with Gasteiger partial charge in [0.05, 0.1) is 12.2 Å². The van der Waals surface area contributed by atoms with Crippen LogP contribution < -0.4 is 4.74 Å². The third-order valence-electron chi connectivity index (χ3n) is 3.59. The fourth-order valence-corrected chi connectivity index (χ4v) is 2.38. The summed E-state index contributed by atoms with van der Waals surface area (Å²) in [6.45, 7) is 6.53. The van der Waals surface area contributed by atoms with Crippen LogP contribution in [0.1, 0.15) is 35.6 Å². The molecule has 0 heterocycles. The first-order valence-corrected chi connectivity index (χ1v) is 7.77. The lowest BCUT2D eigenvalue weighted by molar-refractivity contribution is -0.130. The highest BCUT2D eigenvalue weighted by Crippen LogP contribution is 2.27. The second-order valence-corrected chi connectivity index (χ2v) is 5.57. The molecule has 1 N–H and O–H groups in total. The average Bonchev–Trinajstić information content (AvgIpc) is 2.53. The number of ether oxygens (including phenoxy) is 1. The fraction of sp³-hybridized carbons (Fsp3) is 0.250. The van der Waals surface area contributed by atoms with Crippen molar-refractivity contribution in [1.82, 2.24) is 0 Å². The summed E-state index contributed by atoms with van der Waals surface area (Å²) < 4.78 is 5.72. The lowest BCUT2D eigenvalue weighted by Gasteiger charge is -2.11. The largest absolute Gasteiger partial charge is 0.493 e. The van der Waals surface area contributed by atoms with E-state index in [4.69, 9.17) is 4.74 Å². The number of hydrogen-bond acceptors (Lipinski definition) is 2. The Kier molecular flexibility index (Phi) is 5.58. The zero-order chi connectivity index (χ0) is 16.8. The number of aliphatic carboxylic acids is 1. The van der Waals surface area contributed by atoms with Gasteiger partial charge in [-0.25, -0.2) is 4.79 Å². The predicted molar refractivity (Wildman–Crippen MR) is 93.7 cm³/mol. The van der Waals surface area contributed by atoms with E-state index >= 15 is 0 Å². The Morgan fingerprint density at radius 3 is 2.61 bits per heavy atom. The Bertz CT molecular complexity index is 729. The molecule has 0 amide bonds. The number of rotatable bonds is 6. The van der Waals surface area contributed by atoms with Crippen LogP contribution >= 0.6 is 0 Å². The molecule has 0 unspecified atom stereocenters. The second kappa shape index (κ2) is 7.63. The van der Waals surface area contributed by atoms with Crippen LogP contribution in [0.4, 0.5) is 0 Å². The molecule has 0 saturated carbocycles. The van der Waals surface area contributed by atoms with Gasteiger partial charge in [-0.15, -0.1) is 0 Å². The van der Waals surface area contributed by atoms with E-state index in [1.807, 2.05) is 63.2 Å². The fourth-order valence-electron chi connectivity index (χ4n) is 2.38. The van der Waals surface area contributed by atoms with Crippen LogP contribution in [-0.4, -0.2) is 17.7 Å². The molecule has 0 saturated heterocycles. The van der Waals surface area contributed by atoms with Crippen molar-refractivity contribution in [3.8, 4) is 5.75 Å². The van der Waals surface area contributed by atoms with Crippen LogP contribution in [0, 0.1) is 13.8 Å². The summed E-state index contributed by atoms with van der Waals surface area (Å²) in [7, 11) is 0. The summed E-state index contributed by atoms with van der Waals surface area (Å²) in [5.41, 5.74) is 3.77. The van der Waals surface area contributed by atoms with Crippen molar-refractivity contribution < 1.29 is 14.6 Å². The van der Waals surface area contributed by atoms with Gasteiger partial charge in [-0.3, -0.25) is 0 Å². The number of para-hydroxylation sites is 1. The monoisotopic (exact) mass is 310 g/mol. The highest BCUT2D eigenvalue weighted by Gasteiger charge is 2.14. The maximum absolute atomic E-state index is 11.8. The number of benzene rings is 2. The van der Waals surface area contributed by atoms with Crippen LogP contribution in [0.2, 0.25) is 0 Å². The number of carboxylic acids is 1. The molecule has 0 atom stereocenters. The van der Waals surface area contributed by atoms with Crippen LogP contribution in [0.25, 0.3) is 11.6 Å². The van der Waals surface area contributed by atoms with Crippen LogP contribution in [-0.2, 0) is 4.79 Å². The Labute approximate surface area is 137 Å². The first-order chi connectivity index (χ1) is 11.0. The molecule has 3 heteroatoms. The van der Waals surface area contributed by atoms with Gasteiger partial charge in [0, 0.05) is 5.56 Å². The lowest BCUT2D eigenvalue weighted by Crippen LogP contribution is -2.03. The van der Waals surface area contributed by atoms with Crippen molar-refractivity contribution >= 4 is 17.6 Å². The number of carbonyl (C=O) groups is 1. The highest BCUT2D eigenvalue weighted by atomic mass is 16.5. The van der Waals surface area contributed by atoms with Crippen LogP contribution in [0.15, 0.2) is 42.5 Å². The first kappa shape index (κ1) is 16.8. The molecule has 2 aromatic rings. The molecule has 0 aliphatic rings. The summed E-state index contributed by atoms with van der Waals surface area (Å²) >= 11 is 0. The molecular formula is C20H22O3. The molecule has 0 bridgehead atoms. The summed E-state index contributed by atoms with van der Waals surface area (Å²) in [5, 5.41) is 9.66. The SMILES string of the molecule is CCCOc1ccccc1/C=C(\C(=O)O)c1cc(C)ccc1C. The molecule has 3 nitrogen and oxygen atoms in total. The van der Waals surface area contributed by atoms with Gasteiger partial charge in [0.2, 0.25) is 0 Å². The molecule has 0 aromatic heterocycles. The molecule has 0 aliphatic heterocycles. The number of carboxylic acid groups (broad SMARTS) is 1. The summed E-state index contributed by atoms with van der Waals surface area (Å²) in [4.78, 5) is 11.8. The predicted octanol–water partition coefficient (Wildman–Crippen LogP) is 4.72. The van der Waals surface area contributed by atoms with Crippen molar-refractivity contribution in [1.29, 1.82) is 0 Å². The quantitative estimate of drug-likeness (QED) is 0.620. The number of aryl methyl sites for hydroxylation is 2. The van der Waals surface area contributed by atoms with Gasteiger partial charge in [0.1, 0.15) is 5.75 Å². The smallest absolute Gasteiger partial charge is 0.336 e. The highest BCUT2D eigenvalue weighted by molar-refractivity contribution is 6.21. The van der Waals surface area contributed by atoms with Gasteiger partial charge >= 0.3 is 5.97 Å². The Hall–Kier alpha value is -2.55. The zero-order valence-corrected chi connectivity index (χ0v) is 13.8. The van der Waals surface area contributed by atoms with Crippen LogP contribution in [0.3, 0.4) is 0 Å². The Balaban J connectivity index is 2.52. The third-order valence-corrected chi connectivity index (χ3v) is 3.59. The zero-order valence-electron chi connectivity index (χ0n) is 13.8. The van der Waals surface area contributed by atoms with E-state index in [-0.39, 0.29) is 5.57 Å². The summed E-state index contributed by atoms with van der Waals surface area (Å²) in [5.74, 6) is -0.234. The van der Waals surface area contributed by atoms with Crippen molar-refractivity contribution in [3.05, 3.63) is 64.7 Å². The molecule has 23 heavy (non-hydrogen) atoms. The molecule has 0 fully saturated rings. The lowest BCUT2D eigenvalue weighted by atomic mass is 9.96. The molecule has 0 aliphatic carbocycles. The van der Waals surface area contributed by atoms with Gasteiger partial charge in [-0.05, 0) is 43.5 Å². The minimum absolute atomic E-state index is 0.277. The van der Waals surface area contributed by atoms with E-state index in [9.17, 15) is 9.90 Å². The Morgan fingerprint density at radius 1 is 1.17 bits per heavy atom. The first-order valence-electron chi connectivity index (χ1n) is 7.77. The summed E-state index contributed by atoms with van der Waals surface area (Å²) in [6.07, 6.45) is 2.59. The minimum atomic E-state index is -0.941. The molecule has 120 valence electrons. The number of hydrogen-bond donors (Lipinski definition) is 1. The maximum Gasteiger partial charge on any atom is 0.336 e. The van der Waals surface area contributed by atoms with Gasteiger partial charge in [0.15, 0.2) is 0 Å². The van der Waals surface area contributed by atoms with Crippen molar-refractivity contribution in [3.63, 3.8) is 0 Å². The van der Waals surface area contributed by atoms with Crippen LogP contribution in [0.5, 0.6) is 5.75 Å². The topological polar surface area (TPSA) is 46.5 Å². The summed E-state index contributed by atoms with van der Waals surface area (Å²) in [6, 6.07) is 13.3. The normalized spacial score (nSPS) is 11.3. The molecule has 2 aromatic carbocycles. The molecule has 0 radical (unpaired) electrons. The molecular weight excluding hydrogens is 288 g/mol. The maximum atomic E-state index is 11.8. The van der Waals surface area contributed by atoms with Gasteiger partial charge in [-0.2, -0.15) is 0 Å². The van der Waals surface area contributed by atoms with E-state index in [1.165, 1.54) is 0 Å². The van der Waals surface area contributed by atoms with Gasteiger partial charge in [-0.1, -0.05) is 48.9 Å². The average molecular weight is 310 g/mol. The molecule has 2 rings (SSSR count). The van der Waals surface area contributed by atoms with Crippen molar-refractivity contribution in [2.24, 2.45) is 0 Å². The van der Waals surface area contributed by atoms with E-state index < -0.39 is 5.97 Å². The van der Waals surface area contributed by atoms with Crippen molar-refractivity contribution in [2.75, 3.05) is 6.61 Å². The van der Waals surface area contributed by atoms with Gasteiger partial charge in [0.25, 0.3) is 0 Å². The second-order valence-electron chi connectivity index (χ2n) is 5.57. The third kappa shape index (κ3) is 4.22. The molecule has 0 spiro atoms. The van der Waals surface area contributed by atoms with E-state index in [2.05, 4.69) is 0 Å². The van der Waals surface area contributed by atoms with Gasteiger partial charge < -0.3 is 9.84 Å².